The van der Waals surface area contributed by atoms with Gasteiger partial charge in [-0.15, -0.1) is 0 Å². The lowest BCUT2D eigenvalue weighted by molar-refractivity contribution is 0.0600. The number of rotatable bonds is 6. The Morgan fingerprint density at radius 2 is 1.83 bits per heavy atom. The first-order valence-electron chi connectivity index (χ1n) is 6.97. The quantitative estimate of drug-likeness (QED) is 0.701. The minimum absolute atomic E-state index is 0.233. The molecule has 0 aliphatic rings. The maximum atomic E-state index is 11.7. The van der Waals surface area contributed by atoms with Gasteiger partial charge in [-0.05, 0) is 25.1 Å². The summed E-state index contributed by atoms with van der Waals surface area (Å²) < 4.78 is 16.0. The molecule has 0 unspecified atom stereocenters. The molecule has 0 bridgehead atoms. The highest BCUT2D eigenvalue weighted by Gasteiger charge is 2.17. The van der Waals surface area contributed by atoms with E-state index in [0.717, 1.165) is 5.56 Å². The standard InChI is InChI=1S/C17H16Cl2O4/c1-3-22-15-9-12(17(20)21-2)8-14(19)16(15)23-10-11-6-4-5-7-13(11)18/h4-9H,3,10H2,1-2H3. The molecule has 0 aliphatic heterocycles. The number of esters is 1. The van der Waals surface area contributed by atoms with Gasteiger partial charge >= 0.3 is 5.97 Å². The number of carbonyl (C=O) groups excluding carboxylic acids is 1. The molecule has 0 fully saturated rings. The fraction of sp³-hybridized carbons (Fsp3) is 0.235. The van der Waals surface area contributed by atoms with Crippen LogP contribution in [0.25, 0.3) is 0 Å². The Morgan fingerprint density at radius 1 is 1.09 bits per heavy atom. The summed E-state index contributed by atoms with van der Waals surface area (Å²) in [5.74, 6) is 0.249. The van der Waals surface area contributed by atoms with Crippen molar-refractivity contribution in [1.82, 2.24) is 0 Å². The van der Waals surface area contributed by atoms with E-state index < -0.39 is 5.97 Å². The summed E-state index contributed by atoms with van der Waals surface area (Å²) in [6.45, 7) is 2.47. The first-order valence-corrected chi connectivity index (χ1v) is 7.73. The summed E-state index contributed by atoms with van der Waals surface area (Å²) in [5, 5.41) is 0.871. The van der Waals surface area contributed by atoms with Gasteiger partial charge < -0.3 is 14.2 Å². The van der Waals surface area contributed by atoms with Crippen LogP contribution in [0, 0.1) is 0 Å². The number of ether oxygens (including phenoxy) is 3. The number of hydrogen-bond acceptors (Lipinski definition) is 4. The second kappa shape index (κ2) is 8.09. The molecule has 0 radical (unpaired) electrons. The molecule has 6 heteroatoms. The number of methoxy groups -OCH3 is 1. The van der Waals surface area contributed by atoms with Crippen molar-refractivity contribution < 1.29 is 19.0 Å². The van der Waals surface area contributed by atoms with E-state index in [1.807, 2.05) is 25.1 Å². The van der Waals surface area contributed by atoms with E-state index in [9.17, 15) is 4.79 Å². The Labute approximate surface area is 144 Å². The second-order valence-electron chi connectivity index (χ2n) is 4.59. The molecule has 2 rings (SSSR count). The molecule has 0 atom stereocenters. The van der Waals surface area contributed by atoms with Crippen LogP contribution in [0.15, 0.2) is 36.4 Å². The van der Waals surface area contributed by atoms with E-state index in [0.29, 0.717) is 28.7 Å². The lowest BCUT2D eigenvalue weighted by Crippen LogP contribution is -2.05. The molecule has 0 N–H and O–H groups in total. The van der Waals surface area contributed by atoms with Crippen LogP contribution in [0.2, 0.25) is 10.0 Å². The molecule has 0 aliphatic carbocycles. The molecule has 0 amide bonds. The molecular formula is C17H16Cl2O4. The molecule has 0 saturated carbocycles. The molecule has 0 spiro atoms. The van der Waals surface area contributed by atoms with E-state index >= 15 is 0 Å². The highest BCUT2D eigenvalue weighted by atomic mass is 35.5. The summed E-state index contributed by atoms with van der Waals surface area (Å²) in [5.41, 5.74) is 1.12. The van der Waals surface area contributed by atoms with E-state index in [1.54, 1.807) is 12.1 Å². The molecule has 2 aromatic carbocycles. The van der Waals surface area contributed by atoms with Gasteiger partial charge in [-0.2, -0.15) is 0 Å². The molecule has 2 aromatic rings. The van der Waals surface area contributed by atoms with Crippen molar-refractivity contribution in [3.63, 3.8) is 0 Å². The van der Waals surface area contributed by atoms with Crippen LogP contribution in [-0.2, 0) is 11.3 Å². The maximum absolute atomic E-state index is 11.7. The predicted molar refractivity (Wildman–Crippen MR) is 89.7 cm³/mol. The van der Waals surface area contributed by atoms with Crippen molar-refractivity contribution >= 4 is 29.2 Å². The summed E-state index contributed by atoms with van der Waals surface area (Å²) in [4.78, 5) is 11.7. The van der Waals surface area contributed by atoms with Gasteiger partial charge in [0.25, 0.3) is 0 Å². The van der Waals surface area contributed by atoms with Crippen molar-refractivity contribution in [3.05, 3.63) is 57.6 Å². The van der Waals surface area contributed by atoms with E-state index in [2.05, 4.69) is 0 Å². The Hall–Kier alpha value is -1.91. The Bertz CT molecular complexity index is 701. The predicted octanol–water partition coefficient (Wildman–Crippen LogP) is 4.76. The minimum atomic E-state index is -0.495. The normalized spacial score (nSPS) is 10.3. The van der Waals surface area contributed by atoms with E-state index in [4.69, 9.17) is 37.4 Å². The molecule has 23 heavy (non-hydrogen) atoms. The van der Waals surface area contributed by atoms with Gasteiger partial charge in [0.05, 0.1) is 24.3 Å². The number of hydrogen-bond donors (Lipinski definition) is 0. The number of carbonyl (C=O) groups is 1. The topological polar surface area (TPSA) is 44.8 Å². The Balaban J connectivity index is 2.29. The fourth-order valence-corrected chi connectivity index (χ4v) is 2.43. The minimum Gasteiger partial charge on any atom is -0.490 e. The Morgan fingerprint density at radius 3 is 2.48 bits per heavy atom. The van der Waals surface area contributed by atoms with Crippen LogP contribution in [0.1, 0.15) is 22.8 Å². The van der Waals surface area contributed by atoms with Crippen molar-refractivity contribution in [2.45, 2.75) is 13.5 Å². The largest absolute Gasteiger partial charge is 0.490 e. The highest BCUT2D eigenvalue weighted by Crippen LogP contribution is 2.37. The zero-order valence-electron chi connectivity index (χ0n) is 12.8. The monoisotopic (exact) mass is 354 g/mol. The number of halogens is 2. The van der Waals surface area contributed by atoms with Crippen LogP contribution in [0.4, 0.5) is 0 Å². The lowest BCUT2D eigenvalue weighted by atomic mass is 10.2. The van der Waals surface area contributed by atoms with Gasteiger partial charge in [0.15, 0.2) is 11.5 Å². The lowest BCUT2D eigenvalue weighted by Gasteiger charge is -2.15. The van der Waals surface area contributed by atoms with Crippen molar-refractivity contribution in [2.24, 2.45) is 0 Å². The SMILES string of the molecule is CCOc1cc(C(=O)OC)cc(Cl)c1OCc1ccccc1Cl. The Kier molecular flexibility index (Phi) is 6.13. The van der Waals surface area contributed by atoms with Gasteiger partial charge in [0, 0.05) is 10.6 Å². The molecule has 122 valence electrons. The average molecular weight is 355 g/mol. The third-order valence-corrected chi connectivity index (χ3v) is 3.71. The smallest absolute Gasteiger partial charge is 0.338 e. The van der Waals surface area contributed by atoms with Crippen LogP contribution in [0.3, 0.4) is 0 Å². The second-order valence-corrected chi connectivity index (χ2v) is 5.40. The van der Waals surface area contributed by atoms with E-state index in [-0.39, 0.29) is 11.6 Å². The average Bonchev–Trinajstić information content (AvgIpc) is 2.55. The van der Waals surface area contributed by atoms with Gasteiger partial charge in [0.2, 0.25) is 0 Å². The number of benzene rings is 2. The third-order valence-electron chi connectivity index (χ3n) is 3.06. The third kappa shape index (κ3) is 4.30. The first kappa shape index (κ1) is 17.4. The summed E-state index contributed by atoms with van der Waals surface area (Å²) in [6, 6.07) is 10.4. The van der Waals surface area contributed by atoms with Crippen LogP contribution >= 0.6 is 23.2 Å². The maximum Gasteiger partial charge on any atom is 0.338 e. The van der Waals surface area contributed by atoms with Crippen LogP contribution in [0.5, 0.6) is 11.5 Å². The van der Waals surface area contributed by atoms with Crippen LogP contribution < -0.4 is 9.47 Å². The van der Waals surface area contributed by atoms with Crippen molar-refractivity contribution in [3.8, 4) is 11.5 Å². The molecule has 0 saturated heterocycles. The van der Waals surface area contributed by atoms with Gasteiger partial charge in [-0.25, -0.2) is 4.79 Å². The summed E-state index contributed by atoms with van der Waals surface area (Å²) >= 11 is 12.3. The van der Waals surface area contributed by atoms with Crippen molar-refractivity contribution in [1.29, 1.82) is 0 Å². The summed E-state index contributed by atoms with van der Waals surface area (Å²) in [7, 11) is 1.30. The summed E-state index contributed by atoms with van der Waals surface area (Å²) in [6.07, 6.45) is 0. The fourth-order valence-electron chi connectivity index (χ4n) is 1.97. The first-order chi connectivity index (χ1) is 11.1. The van der Waals surface area contributed by atoms with Gasteiger partial charge in [-0.3, -0.25) is 0 Å². The molecule has 0 heterocycles. The molecule has 4 nitrogen and oxygen atoms in total. The van der Waals surface area contributed by atoms with Crippen LogP contribution in [-0.4, -0.2) is 19.7 Å². The molecular weight excluding hydrogens is 339 g/mol. The zero-order chi connectivity index (χ0) is 16.8. The highest BCUT2D eigenvalue weighted by molar-refractivity contribution is 6.32. The van der Waals surface area contributed by atoms with E-state index in [1.165, 1.54) is 13.2 Å². The van der Waals surface area contributed by atoms with Gasteiger partial charge in [0.1, 0.15) is 6.61 Å². The van der Waals surface area contributed by atoms with Gasteiger partial charge in [-0.1, -0.05) is 41.4 Å². The zero-order valence-corrected chi connectivity index (χ0v) is 14.3. The van der Waals surface area contributed by atoms with Crippen molar-refractivity contribution in [2.75, 3.05) is 13.7 Å². The molecule has 0 aromatic heterocycles.